The first-order valence-corrected chi connectivity index (χ1v) is 8.10. The van der Waals surface area contributed by atoms with Gasteiger partial charge in [-0.25, -0.2) is 0 Å². The number of nitrogens with one attached hydrogen (secondary N) is 1. The molecule has 4 heteroatoms. The second kappa shape index (κ2) is 6.77. The first-order chi connectivity index (χ1) is 10.8. The number of amides is 1. The molecule has 0 bridgehead atoms. The molecule has 1 aliphatic carbocycles. The number of para-hydroxylation sites is 1. The van der Waals surface area contributed by atoms with E-state index in [2.05, 4.69) is 5.32 Å². The molecule has 1 aromatic heterocycles. The normalized spacial score (nSPS) is 16.4. The lowest BCUT2D eigenvalue weighted by Gasteiger charge is -2.16. The highest BCUT2D eigenvalue weighted by Gasteiger charge is 2.16. The van der Waals surface area contributed by atoms with Crippen LogP contribution in [0.25, 0.3) is 10.9 Å². The van der Waals surface area contributed by atoms with E-state index in [1.54, 1.807) is 6.20 Å². The molecule has 22 heavy (non-hydrogen) atoms. The minimum Gasteiger partial charge on any atom is -0.352 e. The lowest BCUT2D eigenvalue weighted by atomic mass is 10.1. The number of carbonyl (C=O) groups is 2. The van der Waals surface area contributed by atoms with E-state index in [9.17, 15) is 9.59 Å². The molecule has 0 saturated heterocycles. The van der Waals surface area contributed by atoms with E-state index in [1.165, 1.54) is 25.7 Å². The van der Waals surface area contributed by atoms with Crippen molar-refractivity contribution < 1.29 is 9.59 Å². The maximum absolute atomic E-state index is 12.3. The van der Waals surface area contributed by atoms with Crippen molar-refractivity contribution in [1.82, 2.24) is 9.88 Å². The van der Waals surface area contributed by atoms with Crippen molar-refractivity contribution in [2.45, 2.75) is 51.1 Å². The quantitative estimate of drug-likeness (QED) is 0.695. The molecule has 0 unspecified atom stereocenters. The molecule has 2 aromatic rings. The summed E-state index contributed by atoms with van der Waals surface area (Å²) in [4.78, 5) is 23.5. The highest BCUT2D eigenvalue weighted by molar-refractivity contribution is 5.98. The van der Waals surface area contributed by atoms with Crippen LogP contribution in [0.2, 0.25) is 0 Å². The van der Waals surface area contributed by atoms with Crippen LogP contribution in [0.1, 0.15) is 48.9 Å². The third kappa shape index (κ3) is 3.21. The Morgan fingerprint density at radius 1 is 1.18 bits per heavy atom. The molecule has 0 spiro atoms. The SMILES string of the molecule is O=Cc1cn(CC(=O)NC2CCCCCC2)c2ccccc12. The van der Waals surface area contributed by atoms with Crippen LogP contribution in [-0.4, -0.2) is 22.8 Å². The smallest absolute Gasteiger partial charge is 0.240 e. The van der Waals surface area contributed by atoms with Crippen LogP contribution in [-0.2, 0) is 11.3 Å². The molecule has 1 aliphatic rings. The Labute approximate surface area is 130 Å². The van der Waals surface area contributed by atoms with Crippen molar-refractivity contribution in [2.24, 2.45) is 0 Å². The maximum atomic E-state index is 12.3. The number of fused-ring (bicyclic) bond motifs is 1. The summed E-state index contributed by atoms with van der Waals surface area (Å²) < 4.78 is 1.87. The summed E-state index contributed by atoms with van der Waals surface area (Å²) in [6.45, 7) is 0.269. The Bertz CT molecular complexity index is 667. The Morgan fingerprint density at radius 3 is 2.64 bits per heavy atom. The van der Waals surface area contributed by atoms with Crippen LogP contribution in [0.3, 0.4) is 0 Å². The van der Waals surface area contributed by atoms with Crippen molar-refractivity contribution >= 4 is 23.1 Å². The van der Waals surface area contributed by atoms with Gasteiger partial charge in [0.2, 0.25) is 5.91 Å². The van der Waals surface area contributed by atoms with Gasteiger partial charge in [0.1, 0.15) is 6.54 Å². The standard InChI is InChI=1S/C18H22N2O2/c21-13-14-11-20(17-10-6-5-9-16(14)17)12-18(22)19-15-7-3-1-2-4-8-15/h5-6,9-11,13,15H,1-4,7-8,12H2,(H,19,22). The predicted octanol–water partition coefficient (Wildman–Crippen LogP) is 3.29. The number of hydrogen-bond donors (Lipinski definition) is 1. The second-order valence-electron chi connectivity index (χ2n) is 6.10. The summed E-state index contributed by atoms with van der Waals surface area (Å²) in [7, 11) is 0. The molecule has 1 fully saturated rings. The van der Waals surface area contributed by atoms with Crippen LogP contribution in [0, 0.1) is 0 Å². The first-order valence-electron chi connectivity index (χ1n) is 8.10. The van der Waals surface area contributed by atoms with Crippen molar-refractivity contribution in [1.29, 1.82) is 0 Å². The fourth-order valence-corrected chi connectivity index (χ4v) is 3.35. The Morgan fingerprint density at radius 2 is 1.91 bits per heavy atom. The van der Waals surface area contributed by atoms with Crippen LogP contribution < -0.4 is 5.32 Å². The van der Waals surface area contributed by atoms with E-state index in [1.807, 2.05) is 28.8 Å². The average molecular weight is 298 g/mol. The summed E-state index contributed by atoms with van der Waals surface area (Å²) in [6.07, 6.45) is 9.73. The predicted molar refractivity (Wildman–Crippen MR) is 87.0 cm³/mol. The summed E-state index contributed by atoms with van der Waals surface area (Å²) in [5.74, 6) is 0.0325. The molecule has 4 nitrogen and oxygen atoms in total. The van der Waals surface area contributed by atoms with Gasteiger partial charge in [0, 0.05) is 28.7 Å². The summed E-state index contributed by atoms with van der Waals surface area (Å²) in [6, 6.07) is 8.00. The van der Waals surface area contributed by atoms with E-state index in [0.717, 1.165) is 30.0 Å². The number of carbonyl (C=O) groups excluding carboxylic acids is 2. The fraction of sp³-hybridized carbons (Fsp3) is 0.444. The van der Waals surface area contributed by atoms with Gasteiger partial charge < -0.3 is 9.88 Å². The first kappa shape index (κ1) is 14.8. The molecule has 3 rings (SSSR count). The minimum absolute atomic E-state index is 0.0325. The minimum atomic E-state index is 0.0325. The maximum Gasteiger partial charge on any atom is 0.240 e. The van der Waals surface area contributed by atoms with E-state index >= 15 is 0 Å². The van der Waals surface area contributed by atoms with Gasteiger partial charge in [-0.15, -0.1) is 0 Å². The number of aldehydes is 1. The highest BCUT2D eigenvalue weighted by atomic mass is 16.2. The van der Waals surface area contributed by atoms with E-state index in [0.29, 0.717) is 11.6 Å². The van der Waals surface area contributed by atoms with E-state index in [4.69, 9.17) is 0 Å². The van der Waals surface area contributed by atoms with Gasteiger partial charge >= 0.3 is 0 Å². The summed E-state index contributed by atoms with van der Waals surface area (Å²) >= 11 is 0. The van der Waals surface area contributed by atoms with Gasteiger partial charge in [-0.2, -0.15) is 0 Å². The van der Waals surface area contributed by atoms with Crippen LogP contribution >= 0.6 is 0 Å². The Hall–Kier alpha value is -2.10. The van der Waals surface area contributed by atoms with Crippen molar-refractivity contribution in [3.63, 3.8) is 0 Å². The van der Waals surface area contributed by atoms with E-state index < -0.39 is 0 Å². The molecule has 0 aliphatic heterocycles. The number of benzene rings is 1. The molecular formula is C18H22N2O2. The topological polar surface area (TPSA) is 51.1 Å². The van der Waals surface area contributed by atoms with Crippen LogP contribution in [0.4, 0.5) is 0 Å². The number of rotatable bonds is 4. The summed E-state index contributed by atoms with van der Waals surface area (Å²) in [5, 5.41) is 4.05. The number of aromatic nitrogens is 1. The fourth-order valence-electron chi connectivity index (χ4n) is 3.35. The molecule has 0 radical (unpaired) electrons. The van der Waals surface area contributed by atoms with Crippen molar-refractivity contribution in [3.05, 3.63) is 36.0 Å². The number of hydrogen-bond acceptors (Lipinski definition) is 2. The van der Waals surface area contributed by atoms with Crippen LogP contribution in [0.15, 0.2) is 30.5 Å². The zero-order valence-electron chi connectivity index (χ0n) is 12.8. The molecule has 1 aromatic carbocycles. The third-order valence-corrected chi connectivity index (χ3v) is 4.48. The molecular weight excluding hydrogens is 276 g/mol. The Balaban J connectivity index is 1.72. The third-order valence-electron chi connectivity index (χ3n) is 4.48. The van der Waals surface area contributed by atoms with Gasteiger partial charge in [-0.1, -0.05) is 43.9 Å². The van der Waals surface area contributed by atoms with Crippen LogP contribution in [0.5, 0.6) is 0 Å². The second-order valence-corrected chi connectivity index (χ2v) is 6.10. The zero-order chi connectivity index (χ0) is 15.4. The molecule has 116 valence electrons. The monoisotopic (exact) mass is 298 g/mol. The van der Waals surface area contributed by atoms with Gasteiger partial charge in [-0.3, -0.25) is 9.59 Å². The average Bonchev–Trinajstić information content (AvgIpc) is 2.70. The van der Waals surface area contributed by atoms with Crippen molar-refractivity contribution in [2.75, 3.05) is 0 Å². The zero-order valence-corrected chi connectivity index (χ0v) is 12.8. The molecule has 1 N–H and O–H groups in total. The Kier molecular flexibility index (Phi) is 4.56. The molecule has 1 saturated carbocycles. The van der Waals surface area contributed by atoms with E-state index in [-0.39, 0.29) is 12.5 Å². The highest BCUT2D eigenvalue weighted by Crippen LogP contribution is 2.20. The summed E-state index contributed by atoms with van der Waals surface area (Å²) in [5.41, 5.74) is 1.57. The van der Waals surface area contributed by atoms with Crippen molar-refractivity contribution in [3.8, 4) is 0 Å². The van der Waals surface area contributed by atoms with Gasteiger partial charge in [0.25, 0.3) is 0 Å². The largest absolute Gasteiger partial charge is 0.352 e. The lowest BCUT2D eigenvalue weighted by Crippen LogP contribution is -2.36. The lowest BCUT2D eigenvalue weighted by molar-refractivity contribution is -0.122. The van der Waals surface area contributed by atoms with Gasteiger partial charge in [-0.05, 0) is 18.9 Å². The molecule has 1 amide bonds. The van der Waals surface area contributed by atoms with Gasteiger partial charge in [0.05, 0.1) is 0 Å². The van der Waals surface area contributed by atoms with Gasteiger partial charge in [0.15, 0.2) is 6.29 Å². The number of nitrogens with zero attached hydrogens (tertiary/aromatic N) is 1. The molecule has 0 atom stereocenters. The molecule has 1 heterocycles.